The van der Waals surface area contributed by atoms with E-state index in [0.29, 0.717) is 0 Å². The number of ether oxygens (including phenoxy) is 1. The molecule has 0 aliphatic heterocycles. The molecule has 0 saturated carbocycles. The quantitative estimate of drug-likeness (QED) is 0.801. The first-order valence-corrected chi connectivity index (χ1v) is 7.81. The van der Waals surface area contributed by atoms with Crippen LogP contribution in [0.2, 0.25) is 5.02 Å². The maximum atomic E-state index is 6.42. The van der Waals surface area contributed by atoms with Gasteiger partial charge in [-0.25, -0.2) is 0 Å². The second kappa shape index (κ2) is 7.43. The van der Waals surface area contributed by atoms with Crippen LogP contribution in [-0.4, -0.2) is 35.6 Å². The van der Waals surface area contributed by atoms with Gasteiger partial charge in [0.25, 0.3) is 0 Å². The largest absolute Gasteiger partial charge is 0.377 e. The third-order valence-electron chi connectivity index (χ3n) is 4.44. The van der Waals surface area contributed by atoms with E-state index >= 15 is 0 Å². The average Bonchev–Trinajstić information content (AvgIpc) is 2.75. The van der Waals surface area contributed by atoms with Gasteiger partial charge in [-0.05, 0) is 33.7 Å². The molecule has 116 valence electrons. The first kappa shape index (κ1) is 17.5. The molecule has 0 radical (unpaired) electrons. The fraction of sp³-hybridized carbons (Fsp3) is 0.800. The van der Waals surface area contributed by atoms with Gasteiger partial charge in [-0.1, -0.05) is 25.4 Å². The lowest BCUT2D eigenvalue weighted by Gasteiger charge is -2.38. The van der Waals surface area contributed by atoms with Crippen LogP contribution in [0.4, 0.5) is 0 Å². The van der Waals surface area contributed by atoms with Crippen LogP contribution in [0.25, 0.3) is 0 Å². The standard InChI is InChI=1S/C15H28ClN3O/c1-7-15(8-2,20-6)13(17-5)10-12-14(16)11(4)18-19(12)9-3/h13,17H,7-10H2,1-6H3. The monoisotopic (exact) mass is 301 g/mol. The van der Waals surface area contributed by atoms with Crippen LogP contribution in [0.3, 0.4) is 0 Å². The van der Waals surface area contributed by atoms with E-state index in [1.165, 1.54) is 0 Å². The van der Waals surface area contributed by atoms with E-state index < -0.39 is 0 Å². The normalized spacial score (nSPS) is 13.8. The molecule has 0 aliphatic rings. The van der Waals surface area contributed by atoms with E-state index in [0.717, 1.165) is 42.2 Å². The summed E-state index contributed by atoms with van der Waals surface area (Å²) >= 11 is 6.42. The Hall–Kier alpha value is -0.580. The lowest BCUT2D eigenvalue weighted by atomic mass is 9.85. The van der Waals surface area contributed by atoms with Crippen molar-refractivity contribution < 1.29 is 4.74 Å². The van der Waals surface area contributed by atoms with Gasteiger partial charge in [-0.2, -0.15) is 5.10 Å². The molecule has 0 aliphatic carbocycles. The van der Waals surface area contributed by atoms with Crippen LogP contribution in [0.1, 0.15) is 45.0 Å². The molecule has 20 heavy (non-hydrogen) atoms. The van der Waals surface area contributed by atoms with Crippen LogP contribution in [-0.2, 0) is 17.7 Å². The van der Waals surface area contributed by atoms with Crippen molar-refractivity contribution >= 4 is 11.6 Å². The van der Waals surface area contributed by atoms with E-state index in [1.54, 1.807) is 7.11 Å². The fourth-order valence-electron chi connectivity index (χ4n) is 2.98. The Morgan fingerprint density at radius 1 is 1.35 bits per heavy atom. The third-order valence-corrected chi connectivity index (χ3v) is 4.93. The molecule has 1 rings (SSSR count). The van der Waals surface area contributed by atoms with Gasteiger partial charge in [-0.15, -0.1) is 0 Å². The molecule has 0 amide bonds. The van der Waals surface area contributed by atoms with Gasteiger partial charge in [0.15, 0.2) is 0 Å². The predicted octanol–water partition coefficient (Wildman–Crippen LogP) is 3.20. The molecule has 0 saturated heterocycles. The van der Waals surface area contributed by atoms with Crippen molar-refractivity contribution in [3.63, 3.8) is 0 Å². The Kier molecular flexibility index (Phi) is 6.49. The summed E-state index contributed by atoms with van der Waals surface area (Å²) in [5.41, 5.74) is 1.82. The van der Waals surface area contributed by atoms with Crippen molar-refractivity contribution in [3.05, 3.63) is 16.4 Å². The van der Waals surface area contributed by atoms with Crippen molar-refractivity contribution in [1.29, 1.82) is 0 Å². The van der Waals surface area contributed by atoms with E-state index in [9.17, 15) is 0 Å². The molecular weight excluding hydrogens is 274 g/mol. The summed E-state index contributed by atoms with van der Waals surface area (Å²) in [5, 5.41) is 8.68. The average molecular weight is 302 g/mol. The Morgan fingerprint density at radius 2 is 1.95 bits per heavy atom. The van der Waals surface area contributed by atoms with E-state index in [1.807, 2.05) is 18.7 Å². The van der Waals surface area contributed by atoms with Crippen LogP contribution >= 0.6 is 11.6 Å². The Labute approximate surface area is 127 Å². The second-order valence-electron chi connectivity index (χ2n) is 5.18. The van der Waals surface area contributed by atoms with Crippen LogP contribution in [0, 0.1) is 6.92 Å². The Bertz CT molecular complexity index is 419. The second-order valence-corrected chi connectivity index (χ2v) is 5.56. The van der Waals surface area contributed by atoms with Crippen molar-refractivity contribution in [3.8, 4) is 0 Å². The number of halogens is 1. The predicted molar refractivity (Wildman–Crippen MR) is 84.5 cm³/mol. The first-order valence-electron chi connectivity index (χ1n) is 7.43. The molecule has 0 fully saturated rings. The molecule has 1 aromatic rings. The molecule has 1 aromatic heterocycles. The Morgan fingerprint density at radius 3 is 2.35 bits per heavy atom. The van der Waals surface area contributed by atoms with Crippen molar-refractivity contribution in [2.75, 3.05) is 14.2 Å². The molecule has 1 heterocycles. The molecule has 1 N–H and O–H groups in total. The maximum absolute atomic E-state index is 6.42. The molecule has 4 nitrogen and oxygen atoms in total. The number of hydrogen-bond acceptors (Lipinski definition) is 3. The van der Waals surface area contributed by atoms with Crippen molar-refractivity contribution in [2.24, 2.45) is 0 Å². The summed E-state index contributed by atoms with van der Waals surface area (Å²) in [6.07, 6.45) is 2.74. The number of likely N-dealkylation sites (N-methyl/N-ethyl adjacent to an activating group) is 1. The first-order chi connectivity index (χ1) is 9.49. The smallest absolute Gasteiger partial charge is 0.0847 e. The van der Waals surface area contributed by atoms with Crippen LogP contribution in [0.5, 0.6) is 0 Å². The number of aromatic nitrogens is 2. The lowest BCUT2D eigenvalue weighted by Crippen LogP contribution is -2.51. The zero-order valence-corrected chi connectivity index (χ0v) is 14.3. The van der Waals surface area contributed by atoms with Gasteiger partial charge in [0.05, 0.1) is 22.0 Å². The zero-order chi connectivity index (χ0) is 15.3. The highest BCUT2D eigenvalue weighted by Gasteiger charge is 2.36. The summed E-state index contributed by atoms with van der Waals surface area (Å²) < 4.78 is 7.84. The number of aryl methyl sites for hydroxylation is 2. The van der Waals surface area contributed by atoms with Gasteiger partial charge >= 0.3 is 0 Å². The van der Waals surface area contributed by atoms with Gasteiger partial charge in [0, 0.05) is 26.1 Å². The van der Waals surface area contributed by atoms with Gasteiger partial charge in [-0.3, -0.25) is 4.68 Å². The summed E-state index contributed by atoms with van der Waals surface area (Å²) in [5.74, 6) is 0. The van der Waals surface area contributed by atoms with Gasteiger partial charge < -0.3 is 10.1 Å². The number of hydrogen-bond donors (Lipinski definition) is 1. The highest BCUT2D eigenvalue weighted by molar-refractivity contribution is 6.31. The summed E-state index contributed by atoms with van der Waals surface area (Å²) in [6.45, 7) is 9.21. The minimum atomic E-state index is -0.172. The molecule has 0 bridgehead atoms. The van der Waals surface area contributed by atoms with Crippen LogP contribution in [0.15, 0.2) is 0 Å². The zero-order valence-electron chi connectivity index (χ0n) is 13.6. The van der Waals surface area contributed by atoms with E-state index in [2.05, 4.69) is 31.2 Å². The lowest BCUT2D eigenvalue weighted by molar-refractivity contribution is -0.0458. The molecule has 5 heteroatoms. The minimum Gasteiger partial charge on any atom is -0.377 e. The molecule has 1 unspecified atom stereocenters. The molecular formula is C15H28ClN3O. The Balaban J connectivity index is 3.10. The number of nitrogens with one attached hydrogen (secondary N) is 1. The topological polar surface area (TPSA) is 39.1 Å². The highest BCUT2D eigenvalue weighted by atomic mass is 35.5. The van der Waals surface area contributed by atoms with Crippen LogP contribution < -0.4 is 5.32 Å². The fourth-order valence-corrected chi connectivity index (χ4v) is 3.19. The highest BCUT2D eigenvalue weighted by Crippen LogP contribution is 2.29. The molecule has 0 aromatic carbocycles. The molecule has 1 atom stereocenters. The third kappa shape index (κ3) is 3.18. The number of rotatable bonds is 8. The summed E-state index contributed by atoms with van der Waals surface area (Å²) in [6, 6.07) is 0.210. The number of nitrogens with zero attached hydrogens (tertiary/aromatic N) is 2. The summed E-state index contributed by atoms with van der Waals surface area (Å²) in [7, 11) is 3.78. The van der Waals surface area contributed by atoms with Gasteiger partial charge in [0.2, 0.25) is 0 Å². The van der Waals surface area contributed by atoms with E-state index in [-0.39, 0.29) is 11.6 Å². The maximum Gasteiger partial charge on any atom is 0.0847 e. The van der Waals surface area contributed by atoms with Crippen molar-refractivity contribution in [2.45, 2.75) is 65.1 Å². The minimum absolute atomic E-state index is 0.172. The van der Waals surface area contributed by atoms with E-state index in [4.69, 9.17) is 16.3 Å². The summed E-state index contributed by atoms with van der Waals surface area (Å²) in [4.78, 5) is 0. The SMILES string of the molecule is CCn1nc(C)c(Cl)c1CC(NC)C(CC)(CC)OC. The molecule has 0 spiro atoms. The van der Waals surface area contributed by atoms with Gasteiger partial charge in [0.1, 0.15) is 0 Å². The van der Waals surface area contributed by atoms with Crippen molar-refractivity contribution in [1.82, 2.24) is 15.1 Å². The number of methoxy groups -OCH3 is 1.